The maximum atomic E-state index is 9.80. The van der Waals surface area contributed by atoms with Gasteiger partial charge in [0.05, 0.1) is 12.0 Å². The number of aromatic nitrogens is 2. The molecule has 5 heteroatoms. The van der Waals surface area contributed by atoms with Crippen LogP contribution in [-0.4, -0.2) is 34.4 Å². The summed E-state index contributed by atoms with van der Waals surface area (Å²) in [4.78, 5) is 6.62. The summed E-state index contributed by atoms with van der Waals surface area (Å²) in [5.74, 6) is 1.13. The van der Waals surface area contributed by atoms with E-state index in [9.17, 15) is 5.11 Å². The van der Waals surface area contributed by atoms with Crippen LogP contribution in [0.15, 0.2) is 4.52 Å². The molecule has 1 aromatic rings. The SMILES string of the molecule is CCC(O)C(C)c1nc(N2CCCCCC2)no1. The van der Waals surface area contributed by atoms with Gasteiger partial charge in [0.2, 0.25) is 5.89 Å². The molecule has 0 aromatic carbocycles. The second-order valence-corrected chi connectivity index (χ2v) is 5.10. The van der Waals surface area contributed by atoms with E-state index in [1.165, 1.54) is 25.7 Å². The monoisotopic (exact) mass is 253 g/mol. The van der Waals surface area contributed by atoms with E-state index in [2.05, 4.69) is 15.0 Å². The van der Waals surface area contributed by atoms with Gasteiger partial charge >= 0.3 is 0 Å². The fourth-order valence-corrected chi connectivity index (χ4v) is 2.33. The number of hydrogen-bond acceptors (Lipinski definition) is 5. The summed E-state index contributed by atoms with van der Waals surface area (Å²) in [6, 6.07) is 0. The summed E-state index contributed by atoms with van der Waals surface area (Å²) in [5, 5.41) is 13.9. The van der Waals surface area contributed by atoms with Gasteiger partial charge in [0.1, 0.15) is 0 Å². The molecule has 1 fully saturated rings. The Labute approximate surface area is 108 Å². The van der Waals surface area contributed by atoms with Gasteiger partial charge in [-0.2, -0.15) is 4.98 Å². The lowest BCUT2D eigenvalue weighted by Gasteiger charge is -2.17. The van der Waals surface area contributed by atoms with Gasteiger partial charge in [0.25, 0.3) is 5.95 Å². The molecule has 2 rings (SSSR count). The number of anilines is 1. The van der Waals surface area contributed by atoms with E-state index in [0.29, 0.717) is 18.3 Å². The van der Waals surface area contributed by atoms with Gasteiger partial charge < -0.3 is 14.5 Å². The van der Waals surface area contributed by atoms with Crippen LogP contribution in [-0.2, 0) is 0 Å². The summed E-state index contributed by atoms with van der Waals surface area (Å²) >= 11 is 0. The second-order valence-electron chi connectivity index (χ2n) is 5.10. The third kappa shape index (κ3) is 3.02. The lowest BCUT2D eigenvalue weighted by Crippen LogP contribution is -2.25. The molecule has 2 unspecified atom stereocenters. The van der Waals surface area contributed by atoms with Gasteiger partial charge in [0, 0.05) is 13.1 Å². The number of hydrogen-bond donors (Lipinski definition) is 1. The Hall–Kier alpha value is -1.10. The number of nitrogens with zero attached hydrogens (tertiary/aromatic N) is 3. The quantitative estimate of drug-likeness (QED) is 0.892. The fraction of sp³-hybridized carbons (Fsp3) is 0.846. The standard InChI is InChI=1S/C13H23N3O2/c1-3-11(17)10(2)12-14-13(15-18-12)16-8-6-4-5-7-9-16/h10-11,17H,3-9H2,1-2H3. The molecule has 1 saturated heterocycles. The minimum atomic E-state index is -0.414. The largest absolute Gasteiger partial charge is 0.392 e. The molecule has 0 amide bonds. The van der Waals surface area contributed by atoms with E-state index in [1.807, 2.05) is 13.8 Å². The van der Waals surface area contributed by atoms with Crippen LogP contribution < -0.4 is 4.90 Å². The molecule has 5 nitrogen and oxygen atoms in total. The zero-order valence-electron chi connectivity index (χ0n) is 11.3. The van der Waals surface area contributed by atoms with E-state index in [4.69, 9.17) is 4.52 Å². The predicted octanol–water partition coefficient (Wildman–Crippen LogP) is 2.32. The minimum absolute atomic E-state index is 0.0942. The highest BCUT2D eigenvalue weighted by Crippen LogP contribution is 2.23. The Morgan fingerprint density at radius 1 is 1.28 bits per heavy atom. The van der Waals surface area contributed by atoms with Crippen molar-refractivity contribution in [3.8, 4) is 0 Å². The molecular weight excluding hydrogens is 230 g/mol. The van der Waals surface area contributed by atoms with Crippen molar-refractivity contribution < 1.29 is 9.63 Å². The molecule has 2 heterocycles. The normalized spacial score (nSPS) is 20.5. The Kier molecular flexibility index (Phi) is 4.58. The Bertz CT molecular complexity index is 359. The molecule has 1 aliphatic rings. The Morgan fingerprint density at radius 2 is 1.94 bits per heavy atom. The number of rotatable bonds is 4. The number of aliphatic hydroxyl groups is 1. The van der Waals surface area contributed by atoms with Crippen molar-refractivity contribution in [3.63, 3.8) is 0 Å². The Morgan fingerprint density at radius 3 is 2.56 bits per heavy atom. The summed E-state index contributed by atoms with van der Waals surface area (Å²) in [7, 11) is 0. The third-order valence-electron chi connectivity index (χ3n) is 3.70. The molecule has 18 heavy (non-hydrogen) atoms. The zero-order valence-corrected chi connectivity index (χ0v) is 11.3. The summed E-state index contributed by atoms with van der Waals surface area (Å²) < 4.78 is 5.28. The average molecular weight is 253 g/mol. The van der Waals surface area contributed by atoms with Crippen LogP contribution in [0.25, 0.3) is 0 Å². The van der Waals surface area contributed by atoms with Gasteiger partial charge in [-0.05, 0) is 24.4 Å². The highest BCUT2D eigenvalue weighted by atomic mass is 16.5. The first-order valence-electron chi connectivity index (χ1n) is 6.99. The van der Waals surface area contributed by atoms with Crippen LogP contribution in [0.5, 0.6) is 0 Å². The van der Waals surface area contributed by atoms with E-state index in [1.54, 1.807) is 0 Å². The highest BCUT2D eigenvalue weighted by molar-refractivity contribution is 5.28. The van der Waals surface area contributed by atoms with Crippen LogP contribution >= 0.6 is 0 Å². The van der Waals surface area contributed by atoms with Gasteiger partial charge in [-0.25, -0.2) is 0 Å². The fourth-order valence-electron chi connectivity index (χ4n) is 2.33. The minimum Gasteiger partial charge on any atom is -0.392 e. The first-order chi connectivity index (χ1) is 8.72. The second kappa shape index (κ2) is 6.18. The molecule has 1 aliphatic heterocycles. The van der Waals surface area contributed by atoms with Crippen molar-refractivity contribution in [2.75, 3.05) is 18.0 Å². The summed E-state index contributed by atoms with van der Waals surface area (Å²) in [6.45, 7) is 5.88. The van der Waals surface area contributed by atoms with Crippen molar-refractivity contribution in [2.45, 2.75) is 58.0 Å². The first-order valence-corrected chi connectivity index (χ1v) is 6.99. The molecular formula is C13H23N3O2. The van der Waals surface area contributed by atoms with Gasteiger partial charge in [-0.15, -0.1) is 0 Å². The van der Waals surface area contributed by atoms with E-state index in [-0.39, 0.29) is 5.92 Å². The van der Waals surface area contributed by atoms with Crippen molar-refractivity contribution in [3.05, 3.63) is 5.89 Å². The topological polar surface area (TPSA) is 62.4 Å². The Balaban J connectivity index is 2.04. The molecule has 0 bridgehead atoms. The van der Waals surface area contributed by atoms with Crippen molar-refractivity contribution in [1.82, 2.24) is 10.1 Å². The van der Waals surface area contributed by atoms with E-state index in [0.717, 1.165) is 13.1 Å². The van der Waals surface area contributed by atoms with Crippen molar-refractivity contribution >= 4 is 5.95 Å². The molecule has 0 saturated carbocycles. The van der Waals surface area contributed by atoms with Crippen LogP contribution in [0.2, 0.25) is 0 Å². The third-order valence-corrected chi connectivity index (χ3v) is 3.70. The van der Waals surface area contributed by atoms with Crippen LogP contribution in [0.3, 0.4) is 0 Å². The molecule has 2 atom stereocenters. The smallest absolute Gasteiger partial charge is 0.266 e. The average Bonchev–Trinajstić information content (AvgIpc) is 2.72. The van der Waals surface area contributed by atoms with Gasteiger partial charge in [-0.3, -0.25) is 0 Å². The van der Waals surface area contributed by atoms with Crippen LogP contribution in [0.1, 0.15) is 57.8 Å². The highest BCUT2D eigenvalue weighted by Gasteiger charge is 2.23. The molecule has 1 N–H and O–H groups in total. The summed E-state index contributed by atoms with van der Waals surface area (Å²) in [5.41, 5.74) is 0. The first kappa shape index (κ1) is 13.3. The molecule has 1 aromatic heterocycles. The maximum Gasteiger partial charge on any atom is 0.266 e. The number of aliphatic hydroxyl groups excluding tert-OH is 1. The lowest BCUT2D eigenvalue weighted by molar-refractivity contribution is 0.129. The van der Waals surface area contributed by atoms with Crippen molar-refractivity contribution in [2.24, 2.45) is 0 Å². The van der Waals surface area contributed by atoms with E-state index < -0.39 is 6.10 Å². The van der Waals surface area contributed by atoms with Gasteiger partial charge in [0.15, 0.2) is 0 Å². The predicted molar refractivity (Wildman–Crippen MR) is 69.7 cm³/mol. The zero-order chi connectivity index (χ0) is 13.0. The van der Waals surface area contributed by atoms with Crippen LogP contribution in [0.4, 0.5) is 5.95 Å². The van der Waals surface area contributed by atoms with Gasteiger partial charge in [-0.1, -0.05) is 26.7 Å². The van der Waals surface area contributed by atoms with Crippen LogP contribution in [0, 0.1) is 0 Å². The molecule has 102 valence electrons. The molecule has 0 aliphatic carbocycles. The maximum absolute atomic E-state index is 9.80. The summed E-state index contributed by atoms with van der Waals surface area (Å²) in [6.07, 6.45) is 5.23. The lowest BCUT2D eigenvalue weighted by atomic mass is 10.0. The van der Waals surface area contributed by atoms with Crippen molar-refractivity contribution in [1.29, 1.82) is 0 Å². The molecule has 0 spiro atoms. The molecule has 0 radical (unpaired) electrons. The van der Waals surface area contributed by atoms with E-state index >= 15 is 0 Å².